The van der Waals surface area contributed by atoms with Crippen LogP contribution in [-0.4, -0.2) is 13.1 Å². The van der Waals surface area contributed by atoms with E-state index in [1.54, 1.807) is 0 Å². The van der Waals surface area contributed by atoms with E-state index in [2.05, 4.69) is 4.74 Å². The van der Waals surface area contributed by atoms with E-state index in [9.17, 15) is 4.79 Å². The molecule has 0 N–H and O–H groups in total. The normalized spacial score (nSPS) is 8.14. The van der Waals surface area contributed by atoms with Gasteiger partial charge in [0.2, 0.25) is 0 Å². The molecule has 0 bridgehead atoms. The first kappa shape index (κ1) is 6.47. The van der Waals surface area contributed by atoms with E-state index in [4.69, 9.17) is 0 Å². The number of carbonyl (C=O) groups excluding carboxylic acids is 1. The smallest absolute Gasteiger partial charge is 0.417 e. The standard InChI is InChI=1S/C5H9O2/c1-2-3-4-7-5-6/h2-4H2,1H3. The molecule has 0 saturated heterocycles. The lowest BCUT2D eigenvalue weighted by Gasteiger charge is -1.89. The van der Waals surface area contributed by atoms with Crippen LogP contribution < -0.4 is 0 Å². The molecule has 0 aliphatic heterocycles. The van der Waals surface area contributed by atoms with Gasteiger partial charge in [-0.3, -0.25) is 0 Å². The Bertz CT molecular complexity index is 43.3. The maximum Gasteiger partial charge on any atom is 0.417 e. The predicted octanol–water partition coefficient (Wildman–Crippen LogP) is 0.870. The third kappa shape index (κ3) is 5.47. The van der Waals surface area contributed by atoms with Crippen molar-refractivity contribution in [1.82, 2.24) is 0 Å². The second kappa shape index (κ2) is 5.47. The molecule has 0 aliphatic rings. The molecular weight excluding hydrogens is 92.1 g/mol. The summed E-state index contributed by atoms with van der Waals surface area (Å²) in [5, 5.41) is 0. The number of ether oxygens (including phenoxy) is 1. The summed E-state index contributed by atoms with van der Waals surface area (Å²) in [5.41, 5.74) is 0. The maximum absolute atomic E-state index is 9.33. The fourth-order valence-electron chi connectivity index (χ4n) is 0.258. The van der Waals surface area contributed by atoms with Crippen molar-refractivity contribution < 1.29 is 9.53 Å². The molecule has 41 valence electrons. The molecule has 0 amide bonds. The molecule has 0 saturated carbocycles. The van der Waals surface area contributed by atoms with E-state index in [0.717, 1.165) is 12.8 Å². The number of hydrogen-bond acceptors (Lipinski definition) is 2. The number of unbranched alkanes of at least 4 members (excludes halogenated alkanes) is 1. The van der Waals surface area contributed by atoms with Crippen LogP contribution in [0.5, 0.6) is 0 Å². The van der Waals surface area contributed by atoms with Gasteiger partial charge in [0.1, 0.15) is 0 Å². The predicted molar refractivity (Wildman–Crippen MR) is 26.6 cm³/mol. The van der Waals surface area contributed by atoms with Crippen LogP contribution in [-0.2, 0) is 9.53 Å². The highest BCUT2D eigenvalue weighted by atomic mass is 16.5. The molecule has 0 unspecified atom stereocenters. The first-order valence-corrected chi connectivity index (χ1v) is 2.40. The van der Waals surface area contributed by atoms with Crippen LogP contribution in [0.2, 0.25) is 0 Å². The van der Waals surface area contributed by atoms with Crippen LogP contribution in [0.3, 0.4) is 0 Å². The van der Waals surface area contributed by atoms with Crippen molar-refractivity contribution in [3.63, 3.8) is 0 Å². The van der Waals surface area contributed by atoms with Gasteiger partial charge in [-0.2, -0.15) is 0 Å². The second-order valence-electron chi connectivity index (χ2n) is 1.29. The van der Waals surface area contributed by atoms with Crippen LogP contribution in [0.15, 0.2) is 0 Å². The van der Waals surface area contributed by atoms with Gasteiger partial charge in [0.15, 0.2) is 0 Å². The Labute approximate surface area is 43.5 Å². The zero-order valence-electron chi connectivity index (χ0n) is 4.44. The van der Waals surface area contributed by atoms with Gasteiger partial charge in [0.05, 0.1) is 6.61 Å². The van der Waals surface area contributed by atoms with Crippen LogP contribution in [0.4, 0.5) is 0 Å². The van der Waals surface area contributed by atoms with E-state index < -0.39 is 0 Å². The SMILES string of the molecule is CCCCO[C]=O. The summed E-state index contributed by atoms with van der Waals surface area (Å²) < 4.78 is 4.27. The number of rotatable bonds is 4. The fourth-order valence-corrected chi connectivity index (χ4v) is 0.258. The van der Waals surface area contributed by atoms with E-state index in [0.29, 0.717) is 6.61 Å². The third-order valence-electron chi connectivity index (χ3n) is 0.659. The van der Waals surface area contributed by atoms with Gasteiger partial charge in [-0.05, 0) is 6.42 Å². The Balaban J connectivity index is 2.56. The molecule has 0 aromatic rings. The van der Waals surface area contributed by atoms with Crippen molar-refractivity contribution in [3.05, 3.63) is 0 Å². The Hall–Kier alpha value is -0.530. The topological polar surface area (TPSA) is 26.3 Å². The van der Waals surface area contributed by atoms with Crippen LogP contribution in [0.1, 0.15) is 19.8 Å². The van der Waals surface area contributed by atoms with Crippen molar-refractivity contribution in [1.29, 1.82) is 0 Å². The molecule has 2 heteroatoms. The lowest BCUT2D eigenvalue weighted by atomic mass is 10.4. The summed E-state index contributed by atoms with van der Waals surface area (Å²) in [4.78, 5) is 9.33. The van der Waals surface area contributed by atoms with Crippen molar-refractivity contribution in [2.45, 2.75) is 19.8 Å². The molecule has 0 aromatic carbocycles. The lowest BCUT2D eigenvalue weighted by Crippen LogP contribution is -1.88. The van der Waals surface area contributed by atoms with E-state index in [1.807, 2.05) is 6.92 Å². The maximum atomic E-state index is 9.33. The van der Waals surface area contributed by atoms with Gasteiger partial charge in [0, 0.05) is 0 Å². The highest BCUT2D eigenvalue weighted by Gasteiger charge is 1.79. The molecule has 1 radical (unpaired) electrons. The van der Waals surface area contributed by atoms with Gasteiger partial charge in [-0.15, -0.1) is 0 Å². The number of hydrogen-bond donors (Lipinski definition) is 0. The summed E-state index contributed by atoms with van der Waals surface area (Å²) in [7, 11) is 0. The molecule has 7 heavy (non-hydrogen) atoms. The van der Waals surface area contributed by atoms with Gasteiger partial charge < -0.3 is 4.74 Å². The van der Waals surface area contributed by atoms with Crippen molar-refractivity contribution in [2.75, 3.05) is 6.61 Å². The fraction of sp³-hybridized carbons (Fsp3) is 0.800. The highest BCUT2D eigenvalue weighted by Crippen LogP contribution is 1.83. The van der Waals surface area contributed by atoms with Crippen LogP contribution in [0, 0.1) is 0 Å². The van der Waals surface area contributed by atoms with Crippen molar-refractivity contribution in [2.24, 2.45) is 0 Å². The molecule has 2 nitrogen and oxygen atoms in total. The molecule has 0 atom stereocenters. The molecule has 0 rings (SSSR count). The monoisotopic (exact) mass is 101 g/mol. The third-order valence-corrected chi connectivity index (χ3v) is 0.659. The summed E-state index contributed by atoms with van der Waals surface area (Å²) in [6.45, 7) is 3.90. The second-order valence-corrected chi connectivity index (χ2v) is 1.29. The van der Waals surface area contributed by atoms with Gasteiger partial charge in [0.25, 0.3) is 0 Å². The average Bonchev–Trinajstić information content (AvgIpc) is 1.69. The summed E-state index contributed by atoms with van der Waals surface area (Å²) in [5.74, 6) is 0. The lowest BCUT2D eigenvalue weighted by molar-refractivity contribution is 0.272. The molecule has 0 spiro atoms. The van der Waals surface area contributed by atoms with E-state index >= 15 is 0 Å². The van der Waals surface area contributed by atoms with E-state index in [-0.39, 0.29) is 0 Å². The van der Waals surface area contributed by atoms with Crippen LogP contribution in [0.25, 0.3) is 0 Å². The molecule has 0 fully saturated rings. The first-order valence-electron chi connectivity index (χ1n) is 2.40. The van der Waals surface area contributed by atoms with Crippen LogP contribution >= 0.6 is 0 Å². The quantitative estimate of drug-likeness (QED) is 0.491. The summed E-state index contributed by atoms with van der Waals surface area (Å²) >= 11 is 0. The minimum atomic E-state index is 0.514. The summed E-state index contributed by atoms with van der Waals surface area (Å²) in [6, 6.07) is 0. The molecule has 0 aromatic heterocycles. The van der Waals surface area contributed by atoms with Gasteiger partial charge >= 0.3 is 6.47 Å². The zero-order chi connectivity index (χ0) is 5.54. The highest BCUT2D eigenvalue weighted by molar-refractivity contribution is 5.37. The Morgan fingerprint density at radius 3 is 2.86 bits per heavy atom. The van der Waals surface area contributed by atoms with E-state index in [1.165, 1.54) is 6.47 Å². The average molecular weight is 101 g/mol. The molecule has 0 heterocycles. The molecule has 0 aliphatic carbocycles. The minimum Gasteiger partial charge on any atom is -0.457 e. The zero-order valence-corrected chi connectivity index (χ0v) is 4.44. The van der Waals surface area contributed by atoms with Gasteiger partial charge in [-0.1, -0.05) is 13.3 Å². The van der Waals surface area contributed by atoms with Crippen molar-refractivity contribution >= 4 is 6.47 Å². The Kier molecular flexibility index (Phi) is 5.06. The summed E-state index contributed by atoms with van der Waals surface area (Å²) in [6.07, 6.45) is 2.00. The van der Waals surface area contributed by atoms with Gasteiger partial charge in [-0.25, -0.2) is 4.79 Å². The molecular formula is C5H9O2. The Morgan fingerprint density at radius 2 is 2.43 bits per heavy atom. The Morgan fingerprint density at radius 1 is 1.71 bits per heavy atom. The first-order chi connectivity index (χ1) is 3.41. The van der Waals surface area contributed by atoms with Crippen molar-refractivity contribution in [3.8, 4) is 0 Å². The largest absolute Gasteiger partial charge is 0.457 e. The minimum absolute atomic E-state index is 0.514.